The molecule has 0 saturated carbocycles. The van der Waals surface area contributed by atoms with Crippen LogP contribution in [0, 0.1) is 0 Å². The zero-order valence-corrected chi connectivity index (χ0v) is 9.06. The molecule has 4 N–H and O–H groups in total. The van der Waals surface area contributed by atoms with Gasteiger partial charge in [-0.3, -0.25) is 4.79 Å². The van der Waals surface area contributed by atoms with Crippen LogP contribution in [0.5, 0.6) is 0 Å². The summed E-state index contributed by atoms with van der Waals surface area (Å²) in [6, 6.07) is 0. The monoisotopic (exact) mass is 251 g/mol. The van der Waals surface area contributed by atoms with Gasteiger partial charge in [0.25, 0.3) is 5.92 Å². The van der Waals surface area contributed by atoms with E-state index in [1.165, 1.54) is 11.3 Å². The van der Waals surface area contributed by atoms with Crippen molar-refractivity contribution in [3.63, 3.8) is 0 Å². The number of aliphatic hydroxyl groups excluding tert-OH is 1. The number of carbonyl (C=O) groups excluding carboxylic acids is 1. The molecule has 0 radical (unpaired) electrons. The fourth-order valence-corrected chi connectivity index (χ4v) is 1.48. The highest BCUT2D eigenvalue weighted by Crippen LogP contribution is 2.12. The quantitative estimate of drug-likeness (QED) is 0.688. The largest absolute Gasteiger partial charge is 0.390 e. The van der Waals surface area contributed by atoms with E-state index < -0.39 is 25.0 Å². The molecule has 5 nitrogen and oxygen atoms in total. The fourth-order valence-electron chi connectivity index (χ4n) is 0.915. The number of anilines is 1. The molecule has 0 saturated heterocycles. The Balaban J connectivity index is 2.37. The predicted molar refractivity (Wildman–Crippen MR) is 55.3 cm³/mol. The lowest BCUT2D eigenvalue weighted by atomic mass is 10.3. The Morgan fingerprint density at radius 2 is 2.38 bits per heavy atom. The maximum absolute atomic E-state index is 12.6. The molecule has 0 aliphatic carbocycles. The summed E-state index contributed by atoms with van der Waals surface area (Å²) in [5.74, 6) is -3.88. The number of hydrogen-bond donors (Lipinski definition) is 3. The van der Waals surface area contributed by atoms with Crippen LogP contribution >= 0.6 is 11.3 Å². The molecule has 90 valence electrons. The van der Waals surface area contributed by atoms with E-state index in [4.69, 9.17) is 10.8 Å². The number of aromatic nitrogens is 1. The molecule has 0 aromatic carbocycles. The third-order valence-corrected chi connectivity index (χ3v) is 2.41. The first kappa shape index (κ1) is 12.8. The van der Waals surface area contributed by atoms with Crippen molar-refractivity contribution in [1.82, 2.24) is 10.3 Å². The number of rotatable bonds is 5. The van der Waals surface area contributed by atoms with Crippen LogP contribution in [0.2, 0.25) is 0 Å². The van der Waals surface area contributed by atoms with Crippen molar-refractivity contribution in [3.8, 4) is 0 Å². The summed E-state index contributed by atoms with van der Waals surface area (Å²) in [5.41, 5.74) is 5.78. The highest BCUT2D eigenvalue weighted by atomic mass is 32.1. The van der Waals surface area contributed by atoms with E-state index in [0.29, 0.717) is 10.8 Å². The highest BCUT2D eigenvalue weighted by molar-refractivity contribution is 7.13. The molecule has 1 amide bonds. The van der Waals surface area contributed by atoms with Crippen LogP contribution in [0.3, 0.4) is 0 Å². The van der Waals surface area contributed by atoms with Crippen LogP contribution in [0.4, 0.5) is 13.9 Å². The van der Waals surface area contributed by atoms with Gasteiger partial charge in [0.1, 0.15) is 6.61 Å². The van der Waals surface area contributed by atoms with Crippen LogP contribution < -0.4 is 11.1 Å². The number of nitrogens with one attached hydrogen (secondary N) is 1. The Kier molecular flexibility index (Phi) is 4.13. The first-order valence-corrected chi connectivity index (χ1v) is 5.26. The molecule has 1 heterocycles. The number of nitrogen functional groups attached to an aromatic ring is 1. The summed E-state index contributed by atoms with van der Waals surface area (Å²) in [4.78, 5) is 15.0. The highest BCUT2D eigenvalue weighted by Gasteiger charge is 2.28. The SMILES string of the molecule is Nc1nc(CC(=O)NCC(F)(F)CO)cs1. The van der Waals surface area contributed by atoms with Gasteiger partial charge in [0.2, 0.25) is 5.91 Å². The van der Waals surface area contributed by atoms with E-state index in [-0.39, 0.29) is 6.42 Å². The van der Waals surface area contributed by atoms with Crippen molar-refractivity contribution < 1.29 is 18.7 Å². The molecule has 8 heteroatoms. The normalized spacial score (nSPS) is 11.4. The van der Waals surface area contributed by atoms with Gasteiger partial charge in [-0.1, -0.05) is 0 Å². The predicted octanol–water partition coefficient (Wildman–Crippen LogP) is 0.0116. The van der Waals surface area contributed by atoms with E-state index in [2.05, 4.69) is 4.98 Å². The van der Waals surface area contributed by atoms with Crippen LogP contribution in [0.25, 0.3) is 0 Å². The van der Waals surface area contributed by atoms with Crippen LogP contribution in [0.15, 0.2) is 5.38 Å². The van der Waals surface area contributed by atoms with Crippen molar-refractivity contribution >= 4 is 22.4 Å². The number of aliphatic hydroxyl groups is 1. The Labute approximate surface area is 94.3 Å². The number of amides is 1. The minimum Gasteiger partial charge on any atom is -0.390 e. The second-order valence-corrected chi connectivity index (χ2v) is 4.03. The minimum absolute atomic E-state index is 0.102. The average Bonchev–Trinajstić information content (AvgIpc) is 2.61. The zero-order valence-electron chi connectivity index (χ0n) is 8.24. The van der Waals surface area contributed by atoms with Crippen molar-refractivity contribution in [2.24, 2.45) is 0 Å². The molecule has 0 spiro atoms. The van der Waals surface area contributed by atoms with Crippen molar-refractivity contribution in [3.05, 3.63) is 11.1 Å². The number of nitrogens with two attached hydrogens (primary N) is 1. The topological polar surface area (TPSA) is 88.2 Å². The fraction of sp³-hybridized carbons (Fsp3) is 0.500. The molecule has 0 atom stereocenters. The summed E-state index contributed by atoms with van der Waals surface area (Å²) in [7, 11) is 0. The molecule has 16 heavy (non-hydrogen) atoms. The summed E-state index contributed by atoms with van der Waals surface area (Å²) in [6.07, 6.45) is -0.102. The second kappa shape index (κ2) is 5.17. The second-order valence-electron chi connectivity index (χ2n) is 3.14. The van der Waals surface area contributed by atoms with Crippen molar-refractivity contribution in [1.29, 1.82) is 0 Å². The first-order valence-electron chi connectivity index (χ1n) is 4.38. The summed E-state index contributed by atoms with van der Waals surface area (Å²) >= 11 is 1.17. The van der Waals surface area contributed by atoms with Gasteiger partial charge >= 0.3 is 0 Å². The van der Waals surface area contributed by atoms with Gasteiger partial charge in [-0.15, -0.1) is 11.3 Å². The van der Waals surface area contributed by atoms with Gasteiger partial charge in [-0.25, -0.2) is 13.8 Å². The van der Waals surface area contributed by atoms with Gasteiger partial charge in [0.05, 0.1) is 18.7 Å². The molecule has 0 bridgehead atoms. The molecule has 1 rings (SSSR count). The van der Waals surface area contributed by atoms with Crippen molar-refractivity contribution in [2.75, 3.05) is 18.9 Å². The molecule has 0 aliphatic heterocycles. The number of halogens is 2. The smallest absolute Gasteiger partial charge is 0.287 e. The van der Waals surface area contributed by atoms with Crippen LogP contribution in [-0.4, -0.2) is 35.1 Å². The number of hydrogen-bond acceptors (Lipinski definition) is 5. The Hall–Kier alpha value is -1.28. The zero-order chi connectivity index (χ0) is 12.2. The maximum Gasteiger partial charge on any atom is 0.287 e. The lowest BCUT2D eigenvalue weighted by Gasteiger charge is -2.13. The average molecular weight is 251 g/mol. The molecule has 0 aliphatic rings. The van der Waals surface area contributed by atoms with Crippen LogP contribution in [-0.2, 0) is 11.2 Å². The minimum atomic E-state index is -3.29. The van der Waals surface area contributed by atoms with Gasteiger partial charge in [-0.2, -0.15) is 0 Å². The van der Waals surface area contributed by atoms with Crippen molar-refractivity contribution in [2.45, 2.75) is 12.3 Å². The third kappa shape index (κ3) is 4.07. The Bertz CT molecular complexity index is 370. The molecular weight excluding hydrogens is 240 g/mol. The van der Waals surface area contributed by atoms with E-state index in [1.807, 2.05) is 5.32 Å². The lowest BCUT2D eigenvalue weighted by molar-refractivity contribution is -0.123. The summed E-state index contributed by atoms with van der Waals surface area (Å²) < 4.78 is 25.1. The van der Waals surface area contributed by atoms with Gasteiger partial charge in [0.15, 0.2) is 5.13 Å². The lowest BCUT2D eigenvalue weighted by Crippen LogP contribution is -2.39. The summed E-state index contributed by atoms with van der Waals surface area (Å²) in [6.45, 7) is -2.18. The van der Waals surface area contributed by atoms with Crippen LogP contribution in [0.1, 0.15) is 5.69 Å². The Morgan fingerprint density at radius 1 is 1.69 bits per heavy atom. The van der Waals surface area contributed by atoms with Gasteiger partial charge in [0, 0.05) is 5.38 Å². The maximum atomic E-state index is 12.6. The van der Waals surface area contributed by atoms with E-state index in [1.54, 1.807) is 5.38 Å². The standard InChI is InChI=1S/C8H11F2N3O2S/c9-8(10,4-14)3-12-6(15)1-5-2-16-7(11)13-5/h2,14H,1,3-4H2,(H2,11,13)(H,12,15). The first-order chi connectivity index (χ1) is 7.43. The molecule has 0 fully saturated rings. The molecule has 1 aromatic heterocycles. The number of nitrogens with zero attached hydrogens (tertiary/aromatic N) is 1. The molecular formula is C8H11F2N3O2S. The van der Waals surface area contributed by atoms with E-state index in [0.717, 1.165) is 0 Å². The van der Waals surface area contributed by atoms with E-state index >= 15 is 0 Å². The molecule has 0 unspecified atom stereocenters. The molecule has 1 aromatic rings. The van der Waals surface area contributed by atoms with Gasteiger partial charge < -0.3 is 16.2 Å². The van der Waals surface area contributed by atoms with Gasteiger partial charge in [-0.05, 0) is 0 Å². The van der Waals surface area contributed by atoms with E-state index in [9.17, 15) is 13.6 Å². The number of thiazole rings is 1. The number of carbonyl (C=O) groups is 1. The summed E-state index contributed by atoms with van der Waals surface area (Å²) in [5, 5.41) is 12.2. The Morgan fingerprint density at radius 3 is 2.88 bits per heavy atom. The number of alkyl halides is 2. The third-order valence-electron chi connectivity index (χ3n) is 1.69.